The van der Waals surface area contributed by atoms with Gasteiger partial charge in [-0.2, -0.15) is 0 Å². The van der Waals surface area contributed by atoms with Gasteiger partial charge in [0.25, 0.3) is 0 Å². The van der Waals surface area contributed by atoms with Crippen LogP contribution < -0.4 is 14.4 Å². The van der Waals surface area contributed by atoms with Gasteiger partial charge in [0.1, 0.15) is 17.5 Å². The molecule has 3 aromatic rings. The van der Waals surface area contributed by atoms with E-state index in [1.165, 1.54) is 6.92 Å². The van der Waals surface area contributed by atoms with Crippen molar-refractivity contribution in [1.82, 2.24) is 0 Å². The van der Waals surface area contributed by atoms with Gasteiger partial charge in [-0.1, -0.05) is 47.5 Å². The number of hydrogen-bond acceptors (Lipinski definition) is 4. The first-order valence-electron chi connectivity index (χ1n) is 9.24. The molecule has 0 spiro atoms. The maximum absolute atomic E-state index is 12.8. The molecule has 1 amide bonds. The summed E-state index contributed by atoms with van der Waals surface area (Å²) in [5.41, 5.74) is 0.540. The Hall–Kier alpha value is -2.74. The van der Waals surface area contributed by atoms with Crippen LogP contribution in [0.25, 0.3) is 0 Å². The van der Waals surface area contributed by atoms with Gasteiger partial charge in [0.05, 0.1) is 27.7 Å². The molecule has 0 bridgehead atoms. The van der Waals surface area contributed by atoms with Crippen LogP contribution >= 0.6 is 23.2 Å². The highest BCUT2D eigenvalue weighted by molar-refractivity contribution is 7.92. The summed E-state index contributed by atoms with van der Waals surface area (Å²) in [6.07, 6.45) is 1.04. The monoisotopic (exact) mass is 478 g/mol. The molecule has 9 heteroatoms. The molecule has 0 unspecified atom stereocenters. The lowest BCUT2D eigenvalue weighted by Gasteiger charge is -2.28. The van der Waals surface area contributed by atoms with E-state index >= 15 is 0 Å². The van der Waals surface area contributed by atoms with Crippen LogP contribution in [-0.2, 0) is 14.8 Å². The van der Waals surface area contributed by atoms with Gasteiger partial charge in [-0.3, -0.25) is 9.10 Å². The Kier molecular flexibility index (Phi) is 7.10. The van der Waals surface area contributed by atoms with E-state index in [2.05, 4.69) is 5.32 Å². The van der Waals surface area contributed by atoms with Gasteiger partial charge >= 0.3 is 0 Å². The second-order valence-corrected chi connectivity index (χ2v) is 9.40. The first kappa shape index (κ1) is 22.9. The lowest BCUT2D eigenvalue weighted by atomic mass is 10.2. The Balaban J connectivity index is 1.84. The predicted octanol–water partition coefficient (Wildman–Crippen LogP) is 5.58. The Morgan fingerprint density at radius 2 is 1.45 bits per heavy atom. The van der Waals surface area contributed by atoms with Gasteiger partial charge in [0.2, 0.25) is 15.9 Å². The average Bonchev–Trinajstić information content (AvgIpc) is 2.72. The van der Waals surface area contributed by atoms with Crippen LogP contribution in [0.3, 0.4) is 0 Å². The molecule has 1 N–H and O–H groups in total. The largest absolute Gasteiger partial charge is 0.457 e. The van der Waals surface area contributed by atoms with E-state index in [0.29, 0.717) is 17.2 Å². The zero-order chi connectivity index (χ0) is 22.6. The number of amides is 1. The van der Waals surface area contributed by atoms with Crippen molar-refractivity contribution in [3.63, 3.8) is 0 Å². The topological polar surface area (TPSA) is 75.7 Å². The number of halogens is 2. The van der Waals surface area contributed by atoms with E-state index in [0.717, 1.165) is 10.6 Å². The van der Waals surface area contributed by atoms with Crippen molar-refractivity contribution in [2.24, 2.45) is 0 Å². The molecule has 0 aliphatic heterocycles. The fourth-order valence-electron chi connectivity index (χ4n) is 2.94. The van der Waals surface area contributed by atoms with E-state index < -0.39 is 22.0 Å². The molecule has 0 aliphatic rings. The summed E-state index contributed by atoms with van der Waals surface area (Å²) in [5, 5.41) is 3.11. The summed E-state index contributed by atoms with van der Waals surface area (Å²) in [7, 11) is -3.78. The normalized spacial score (nSPS) is 12.1. The Labute approximate surface area is 191 Å². The third kappa shape index (κ3) is 5.70. The first-order valence-corrected chi connectivity index (χ1v) is 11.8. The smallest absolute Gasteiger partial charge is 0.248 e. The van der Waals surface area contributed by atoms with Crippen LogP contribution in [0.2, 0.25) is 10.0 Å². The number of nitrogens with zero attached hydrogens (tertiary/aromatic N) is 1. The van der Waals surface area contributed by atoms with Crippen molar-refractivity contribution in [1.29, 1.82) is 0 Å². The lowest BCUT2D eigenvalue weighted by Crippen LogP contribution is -2.45. The molecule has 1 atom stereocenters. The average molecular weight is 479 g/mol. The molecule has 0 aliphatic carbocycles. The molecule has 162 valence electrons. The molecule has 31 heavy (non-hydrogen) atoms. The molecule has 0 fully saturated rings. The summed E-state index contributed by atoms with van der Waals surface area (Å²) in [5.74, 6) is 0.605. The van der Waals surface area contributed by atoms with Crippen LogP contribution in [0.5, 0.6) is 11.5 Å². The number of benzene rings is 3. The van der Waals surface area contributed by atoms with Crippen LogP contribution in [0, 0.1) is 0 Å². The summed E-state index contributed by atoms with van der Waals surface area (Å²) in [4.78, 5) is 12.8. The van der Waals surface area contributed by atoms with Gasteiger partial charge in [0, 0.05) is 0 Å². The molecule has 3 rings (SSSR count). The second-order valence-electron chi connectivity index (χ2n) is 6.73. The molecule has 0 heterocycles. The Bertz CT molecular complexity index is 1150. The van der Waals surface area contributed by atoms with Gasteiger partial charge < -0.3 is 10.1 Å². The minimum Gasteiger partial charge on any atom is -0.457 e. The number of hydrogen-bond donors (Lipinski definition) is 1. The van der Waals surface area contributed by atoms with Crippen molar-refractivity contribution in [3.8, 4) is 11.5 Å². The first-order chi connectivity index (χ1) is 14.7. The molecule has 0 aromatic heterocycles. The second kappa shape index (κ2) is 9.60. The van der Waals surface area contributed by atoms with Gasteiger partial charge in [0.15, 0.2) is 0 Å². The van der Waals surface area contributed by atoms with Crippen molar-refractivity contribution in [3.05, 3.63) is 82.8 Å². The standard InChI is InChI=1S/C22H20Cl2N2O4S/c1-15(22(27)25-21-19(23)9-6-10-20(21)24)26(31(2,28)29)16-11-13-18(14-12-16)30-17-7-4-3-5-8-17/h3-15H,1-2H3,(H,25,27)/t15-/m0/s1. The van der Waals surface area contributed by atoms with Crippen molar-refractivity contribution in [2.75, 3.05) is 15.9 Å². The third-order valence-electron chi connectivity index (χ3n) is 4.37. The highest BCUT2D eigenvalue weighted by atomic mass is 35.5. The van der Waals surface area contributed by atoms with E-state index in [4.69, 9.17) is 27.9 Å². The minimum absolute atomic E-state index is 0.225. The number of carbonyl (C=O) groups excluding carboxylic acids is 1. The maximum Gasteiger partial charge on any atom is 0.248 e. The van der Waals surface area contributed by atoms with Crippen LogP contribution in [0.1, 0.15) is 6.92 Å². The fraction of sp³-hybridized carbons (Fsp3) is 0.136. The molecular weight excluding hydrogens is 459 g/mol. The zero-order valence-corrected chi connectivity index (χ0v) is 19.1. The number of anilines is 2. The van der Waals surface area contributed by atoms with Gasteiger partial charge in [-0.05, 0) is 55.5 Å². The highest BCUT2D eigenvalue weighted by Gasteiger charge is 2.30. The highest BCUT2D eigenvalue weighted by Crippen LogP contribution is 2.31. The van der Waals surface area contributed by atoms with E-state index in [1.807, 2.05) is 30.3 Å². The molecule has 6 nitrogen and oxygen atoms in total. The molecule has 0 radical (unpaired) electrons. The maximum atomic E-state index is 12.8. The van der Waals surface area contributed by atoms with Gasteiger partial charge in [-0.25, -0.2) is 8.42 Å². The van der Waals surface area contributed by atoms with E-state index in [1.54, 1.807) is 42.5 Å². The number of rotatable bonds is 7. The summed E-state index contributed by atoms with van der Waals surface area (Å²) in [6, 6.07) is 19.3. The molecule has 0 saturated carbocycles. The minimum atomic E-state index is -3.78. The summed E-state index contributed by atoms with van der Waals surface area (Å²) in [6.45, 7) is 1.48. The number of nitrogens with one attached hydrogen (secondary N) is 1. The SMILES string of the molecule is C[C@@H](C(=O)Nc1c(Cl)cccc1Cl)N(c1ccc(Oc2ccccc2)cc1)S(C)(=O)=O. The Morgan fingerprint density at radius 1 is 0.903 bits per heavy atom. The van der Waals surface area contributed by atoms with Gasteiger partial charge in [-0.15, -0.1) is 0 Å². The van der Waals surface area contributed by atoms with Crippen LogP contribution in [0.4, 0.5) is 11.4 Å². The van der Waals surface area contributed by atoms with Crippen molar-refractivity contribution >= 4 is 50.5 Å². The Morgan fingerprint density at radius 3 is 2.00 bits per heavy atom. The molecule has 3 aromatic carbocycles. The quantitative estimate of drug-likeness (QED) is 0.480. The molecular formula is C22H20Cl2N2O4S. The van der Waals surface area contributed by atoms with Crippen molar-refractivity contribution in [2.45, 2.75) is 13.0 Å². The number of carbonyl (C=O) groups is 1. The zero-order valence-electron chi connectivity index (χ0n) is 16.7. The van der Waals surface area contributed by atoms with E-state index in [9.17, 15) is 13.2 Å². The lowest BCUT2D eigenvalue weighted by molar-refractivity contribution is -0.116. The summed E-state index contributed by atoms with van der Waals surface area (Å²) >= 11 is 12.2. The van der Waals surface area contributed by atoms with E-state index in [-0.39, 0.29) is 15.7 Å². The number of sulfonamides is 1. The number of para-hydroxylation sites is 2. The van der Waals surface area contributed by atoms with Crippen molar-refractivity contribution < 1.29 is 17.9 Å². The third-order valence-corrected chi connectivity index (χ3v) is 6.24. The number of ether oxygens (including phenoxy) is 1. The predicted molar refractivity (Wildman–Crippen MR) is 125 cm³/mol. The summed E-state index contributed by atoms with van der Waals surface area (Å²) < 4.78 is 31.8. The fourth-order valence-corrected chi connectivity index (χ4v) is 4.61. The van der Waals surface area contributed by atoms with Crippen LogP contribution in [0.15, 0.2) is 72.8 Å². The van der Waals surface area contributed by atoms with Crippen LogP contribution in [-0.4, -0.2) is 26.6 Å². The molecule has 0 saturated heterocycles.